The van der Waals surface area contributed by atoms with Gasteiger partial charge in [-0.05, 0) is 38.3 Å². The van der Waals surface area contributed by atoms with Crippen LogP contribution >= 0.6 is 0 Å². The second-order valence-electron chi connectivity index (χ2n) is 5.67. The molecule has 0 fully saturated rings. The standard InChI is InChI=1S/C17H23N3/c1-2-20-16-10-6-5-9-15(16)19-17(20)12-13-7-3-4-8-14(18)11-13/h5-6,9-11,14H,2-4,7-8,12,18H2,1H3. The van der Waals surface area contributed by atoms with Gasteiger partial charge in [-0.15, -0.1) is 0 Å². The van der Waals surface area contributed by atoms with Crippen LogP contribution in [0.2, 0.25) is 0 Å². The van der Waals surface area contributed by atoms with E-state index in [1.807, 2.05) is 0 Å². The average molecular weight is 269 g/mol. The van der Waals surface area contributed by atoms with Gasteiger partial charge in [-0.2, -0.15) is 0 Å². The summed E-state index contributed by atoms with van der Waals surface area (Å²) in [6.45, 7) is 3.15. The zero-order valence-electron chi connectivity index (χ0n) is 12.2. The lowest BCUT2D eigenvalue weighted by molar-refractivity contribution is 0.652. The largest absolute Gasteiger partial charge is 0.328 e. The van der Waals surface area contributed by atoms with Crippen molar-refractivity contribution in [2.24, 2.45) is 5.73 Å². The van der Waals surface area contributed by atoms with Crippen LogP contribution in [-0.2, 0) is 13.0 Å². The molecule has 0 saturated carbocycles. The molecule has 2 aromatic rings. The Morgan fingerprint density at radius 2 is 2.15 bits per heavy atom. The molecule has 3 nitrogen and oxygen atoms in total. The van der Waals surface area contributed by atoms with Gasteiger partial charge >= 0.3 is 0 Å². The van der Waals surface area contributed by atoms with Gasteiger partial charge in [-0.25, -0.2) is 4.98 Å². The van der Waals surface area contributed by atoms with Gasteiger partial charge < -0.3 is 10.3 Å². The van der Waals surface area contributed by atoms with Gasteiger partial charge in [-0.3, -0.25) is 0 Å². The second-order valence-corrected chi connectivity index (χ2v) is 5.67. The van der Waals surface area contributed by atoms with Crippen molar-refractivity contribution in [1.82, 2.24) is 9.55 Å². The number of allylic oxidation sites excluding steroid dienone is 1. The van der Waals surface area contributed by atoms with E-state index in [1.165, 1.54) is 36.2 Å². The van der Waals surface area contributed by atoms with E-state index in [4.69, 9.17) is 10.7 Å². The van der Waals surface area contributed by atoms with E-state index in [2.05, 4.69) is 41.8 Å². The van der Waals surface area contributed by atoms with E-state index in [9.17, 15) is 0 Å². The minimum absolute atomic E-state index is 0.229. The topological polar surface area (TPSA) is 43.8 Å². The van der Waals surface area contributed by atoms with E-state index in [0.717, 1.165) is 24.9 Å². The summed E-state index contributed by atoms with van der Waals surface area (Å²) < 4.78 is 2.33. The maximum atomic E-state index is 6.12. The molecule has 0 amide bonds. The molecule has 1 heterocycles. The summed E-state index contributed by atoms with van der Waals surface area (Å²) in [5.74, 6) is 1.18. The maximum absolute atomic E-state index is 6.12. The third-order valence-corrected chi connectivity index (χ3v) is 4.17. The lowest BCUT2D eigenvalue weighted by atomic mass is 10.1. The molecule has 0 aliphatic heterocycles. The Hall–Kier alpha value is -1.61. The predicted molar refractivity (Wildman–Crippen MR) is 83.6 cm³/mol. The molecule has 3 rings (SSSR count). The van der Waals surface area contributed by atoms with Crippen LogP contribution in [0, 0.1) is 0 Å². The van der Waals surface area contributed by atoms with Crippen LogP contribution in [0.5, 0.6) is 0 Å². The number of fused-ring (bicyclic) bond motifs is 1. The number of nitrogens with zero attached hydrogens (tertiary/aromatic N) is 2. The zero-order valence-corrected chi connectivity index (χ0v) is 12.2. The summed E-state index contributed by atoms with van der Waals surface area (Å²) in [6.07, 6.45) is 7.99. The summed E-state index contributed by atoms with van der Waals surface area (Å²) in [4.78, 5) is 4.81. The molecule has 1 aliphatic carbocycles. The normalized spacial score (nSPS) is 19.9. The lowest BCUT2D eigenvalue weighted by Gasteiger charge is -2.09. The Labute approximate surface area is 120 Å². The van der Waals surface area contributed by atoms with Crippen molar-refractivity contribution in [2.75, 3.05) is 0 Å². The highest BCUT2D eigenvalue weighted by molar-refractivity contribution is 5.75. The molecule has 2 N–H and O–H groups in total. The Kier molecular flexibility index (Phi) is 3.88. The number of rotatable bonds is 3. The fourth-order valence-corrected chi connectivity index (χ4v) is 3.17. The molecule has 0 bridgehead atoms. The van der Waals surface area contributed by atoms with Crippen LogP contribution in [0.1, 0.15) is 38.4 Å². The highest BCUT2D eigenvalue weighted by atomic mass is 15.1. The van der Waals surface area contributed by atoms with Crippen molar-refractivity contribution in [1.29, 1.82) is 0 Å². The van der Waals surface area contributed by atoms with Crippen molar-refractivity contribution >= 4 is 11.0 Å². The van der Waals surface area contributed by atoms with E-state index in [1.54, 1.807) is 0 Å². The molecule has 0 radical (unpaired) electrons. The van der Waals surface area contributed by atoms with Crippen molar-refractivity contribution in [3.05, 3.63) is 41.7 Å². The Bertz CT molecular complexity index is 624. The molecule has 1 aliphatic rings. The van der Waals surface area contributed by atoms with Crippen LogP contribution in [-0.4, -0.2) is 15.6 Å². The van der Waals surface area contributed by atoms with E-state index < -0.39 is 0 Å². The molecule has 1 unspecified atom stereocenters. The second kappa shape index (κ2) is 5.80. The molecule has 106 valence electrons. The van der Waals surface area contributed by atoms with Crippen molar-refractivity contribution in [3.63, 3.8) is 0 Å². The molecule has 1 atom stereocenters. The number of aryl methyl sites for hydroxylation is 1. The fourth-order valence-electron chi connectivity index (χ4n) is 3.17. The Morgan fingerprint density at radius 3 is 3.00 bits per heavy atom. The molecule has 3 heteroatoms. The fraction of sp³-hybridized carbons (Fsp3) is 0.471. The monoisotopic (exact) mass is 269 g/mol. The van der Waals surface area contributed by atoms with Crippen LogP contribution in [0.3, 0.4) is 0 Å². The zero-order chi connectivity index (χ0) is 13.9. The third kappa shape index (κ3) is 2.63. The Morgan fingerprint density at radius 1 is 1.30 bits per heavy atom. The SMILES string of the molecule is CCn1c(CC2=CC(N)CCCC2)nc2ccccc21. The molecular formula is C17H23N3. The number of hydrogen-bond acceptors (Lipinski definition) is 2. The summed E-state index contributed by atoms with van der Waals surface area (Å²) in [5, 5.41) is 0. The number of imidazole rings is 1. The number of aromatic nitrogens is 2. The van der Waals surface area contributed by atoms with Crippen molar-refractivity contribution in [3.8, 4) is 0 Å². The first-order valence-corrected chi connectivity index (χ1v) is 7.67. The molecule has 1 aromatic heterocycles. The van der Waals surface area contributed by atoms with E-state index in [0.29, 0.717) is 0 Å². The smallest absolute Gasteiger partial charge is 0.113 e. The number of benzene rings is 1. The third-order valence-electron chi connectivity index (χ3n) is 4.17. The first-order chi connectivity index (χ1) is 9.78. The van der Waals surface area contributed by atoms with Crippen LogP contribution in [0.25, 0.3) is 11.0 Å². The number of para-hydroxylation sites is 2. The average Bonchev–Trinajstić information content (AvgIpc) is 2.66. The molecule has 0 saturated heterocycles. The van der Waals surface area contributed by atoms with Crippen molar-refractivity contribution in [2.45, 2.75) is 51.6 Å². The van der Waals surface area contributed by atoms with Gasteiger partial charge in [0, 0.05) is 19.0 Å². The van der Waals surface area contributed by atoms with Gasteiger partial charge in [-0.1, -0.05) is 30.2 Å². The van der Waals surface area contributed by atoms with Gasteiger partial charge in [0.15, 0.2) is 0 Å². The number of nitrogens with two attached hydrogens (primary N) is 1. The molecule has 20 heavy (non-hydrogen) atoms. The molecule has 1 aromatic carbocycles. The van der Waals surface area contributed by atoms with Crippen LogP contribution in [0.4, 0.5) is 0 Å². The highest BCUT2D eigenvalue weighted by Crippen LogP contribution is 2.23. The van der Waals surface area contributed by atoms with Gasteiger partial charge in [0.05, 0.1) is 11.0 Å². The predicted octanol–water partition coefficient (Wildman–Crippen LogP) is 3.43. The number of hydrogen-bond donors (Lipinski definition) is 1. The van der Waals surface area contributed by atoms with E-state index in [-0.39, 0.29) is 6.04 Å². The Balaban J connectivity index is 1.93. The van der Waals surface area contributed by atoms with Gasteiger partial charge in [0.1, 0.15) is 5.82 Å². The maximum Gasteiger partial charge on any atom is 0.113 e. The minimum atomic E-state index is 0.229. The lowest BCUT2D eigenvalue weighted by Crippen LogP contribution is -2.16. The first-order valence-electron chi connectivity index (χ1n) is 7.67. The summed E-state index contributed by atoms with van der Waals surface area (Å²) in [7, 11) is 0. The van der Waals surface area contributed by atoms with Gasteiger partial charge in [0.25, 0.3) is 0 Å². The minimum Gasteiger partial charge on any atom is -0.328 e. The summed E-state index contributed by atoms with van der Waals surface area (Å²) >= 11 is 0. The summed E-state index contributed by atoms with van der Waals surface area (Å²) in [5.41, 5.74) is 9.92. The molecule has 0 spiro atoms. The highest BCUT2D eigenvalue weighted by Gasteiger charge is 2.13. The van der Waals surface area contributed by atoms with Crippen molar-refractivity contribution < 1.29 is 0 Å². The summed E-state index contributed by atoms with van der Waals surface area (Å²) in [6, 6.07) is 8.62. The quantitative estimate of drug-likeness (QED) is 0.868. The van der Waals surface area contributed by atoms with Crippen LogP contribution < -0.4 is 5.73 Å². The van der Waals surface area contributed by atoms with Crippen LogP contribution in [0.15, 0.2) is 35.9 Å². The molecular weight excluding hydrogens is 246 g/mol. The van der Waals surface area contributed by atoms with Gasteiger partial charge in [0.2, 0.25) is 0 Å². The van der Waals surface area contributed by atoms with E-state index >= 15 is 0 Å². The first kappa shape index (κ1) is 13.4.